The van der Waals surface area contributed by atoms with Crippen molar-refractivity contribution >= 4 is 17.3 Å². The predicted molar refractivity (Wildman–Crippen MR) is 67.7 cm³/mol. The van der Waals surface area contributed by atoms with Crippen LogP contribution in [0.4, 0.5) is 5.69 Å². The molecule has 1 aromatic heterocycles. The van der Waals surface area contributed by atoms with Gasteiger partial charge in [-0.05, 0) is 25.1 Å². The highest BCUT2D eigenvalue weighted by Gasteiger charge is 2.09. The minimum Gasteiger partial charge on any atom is -0.378 e. The van der Waals surface area contributed by atoms with E-state index < -0.39 is 0 Å². The largest absolute Gasteiger partial charge is 0.378 e. The summed E-state index contributed by atoms with van der Waals surface area (Å²) in [6.45, 7) is 2.07. The molecular weight excluding hydrogens is 220 g/mol. The quantitative estimate of drug-likeness (QED) is 0.812. The van der Waals surface area contributed by atoms with Gasteiger partial charge in [0.25, 0.3) is 0 Å². The summed E-state index contributed by atoms with van der Waals surface area (Å²) < 4.78 is 0. The number of nitrogens with zero attached hydrogens (tertiary/aromatic N) is 1. The Balaban J connectivity index is 2.15. The van der Waals surface area contributed by atoms with Crippen LogP contribution in [0, 0.1) is 0 Å². The Labute approximate surface area is 100 Å². The number of rotatable bonds is 3. The number of halogens is 1. The van der Waals surface area contributed by atoms with E-state index in [4.69, 9.17) is 11.6 Å². The van der Waals surface area contributed by atoms with Crippen LogP contribution in [0.15, 0.2) is 48.7 Å². The molecule has 1 atom stereocenters. The Morgan fingerprint density at radius 1 is 1.12 bits per heavy atom. The fraction of sp³-hybridized carbons (Fsp3) is 0.154. The van der Waals surface area contributed by atoms with E-state index >= 15 is 0 Å². The van der Waals surface area contributed by atoms with Gasteiger partial charge in [-0.15, -0.1) is 0 Å². The van der Waals surface area contributed by atoms with Gasteiger partial charge in [0, 0.05) is 17.4 Å². The number of anilines is 1. The van der Waals surface area contributed by atoms with Crippen molar-refractivity contribution in [2.45, 2.75) is 13.0 Å². The zero-order valence-electron chi connectivity index (χ0n) is 9.02. The van der Waals surface area contributed by atoms with E-state index in [0.717, 1.165) is 11.3 Å². The van der Waals surface area contributed by atoms with Crippen LogP contribution >= 0.6 is 11.6 Å². The monoisotopic (exact) mass is 232 g/mol. The molecule has 0 amide bonds. The zero-order chi connectivity index (χ0) is 11.4. The fourth-order valence-electron chi connectivity index (χ4n) is 1.58. The first-order valence-corrected chi connectivity index (χ1v) is 5.57. The molecule has 2 nitrogen and oxygen atoms in total. The van der Waals surface area contributed by atoms with Crippen molar-refractivity contribution in [2.24, 2.45) is 0 Å². The molecule has 1 heterocycles. The van der Waals surface area contributed by atoms with Gasteiger partial charge >= 0.3 is 0 Å². The van der Waals surface area contributed by atoms with Crippen LogP contribution in [0.2, 0.25) is 5.15 Å². The molecule has 1 unspecified atom stereocenters. The van der Waals surface area contributed by atoms with Gasteiger partial charge in [0.2, 0.25) is 0 Å². The van der Waals surface area contributed by atoms with Crippen molar-refractivity contribution in [2.75, 3.05) is 5.32 Å². The van der Waals surface area contributed by atoms with E-state index in [-0.39, 0.29) is 6.04 Å². The Bertz CT molecular complexity index is 456. The summed E-state index contributed by atoms with van der Waals surface area (Å²) in [6, 6.07) is 14.1. The van der Waals surface area contributed by atoms with Crippen molar-refractivity contribution in [1.29, 1.82) is 0 Å². The lowest BCUT2D eigenvalue weighted by Gasteiger charge is -2.16. The van der Waals surface area contributed by atoms with Gasteiger partial charge < -0.3 is 5.32 Å². The molecule has 0 aliphatic heterocycles. The highest BCUT2D eigenvalue weighted by molar-refractivity contribution is 6.30. The molecule has 2 aromatic rings. The molecule has 3 heteroatoms. The van der Waals surface area contributed by atoms with Crippen LogP contribution in [0.1, 0.15) is 18.5 Å². The van der Waals surface area contributed by atoms with Crippen LogP contribution in [0.25, 0.3) is 0 Å². The van der Waals surface area contributed by atoms with E-state index in [0.29, 0.717) is 5.15 Å². The minimum atomic E-state index is 0.142. The molecule has 0 aliphatic carbocycles. The highest BCUT2D eigenvalue weighted by Crippen LogP contribution is 2.23. The molecule has 16 heavy (non-hydrogen) atoms. The molecular formula is C13H13ClN2. The number of hydrogen-bond donors (Lipinski definition) is 1. The number of pyridine rings is 1. The summed E-state index contributed by atoms with van der Waals surface area (Å²) in [7, 11) is 0. The van der Waals surface area contributed by atoms with Crippen LogP contribution < -0.4 is 5.32 Å². The van der Waals surface area contributed by atoms with Crippen LogP contribution in [-0.2, 0) is 0 Å². The number of nitrogens with one attached hydrogen (secondary N) is 1. The first-order chi connectivity index (χ1) is 7.77. The average Bonchev–Trinajstić information content (AvgIpc) is 2.31. The normalized spacial score (nSPS) is 12.1. The van der Waals surface area contributed by atoms with Crippen molar-refractivity contribution in [3.8, 4) is 0 Å². The first-order valence-electron chi connectivity index (χ1n) is 5.19. The molecule has 82 valence electrons. The van der Waals surface area contributed by atoms with Gasteiger partial charge in [-0.25, -0.2) is 4.98 Å². The summed E-state index contributed by atoms with van der Waals surface area (Å²) in [6.07, 6.45) is 1.70. The minimum absolute atomic E-state index is 0.142. The Morgan fingerprint density at radius 3 is 2.56 bits per heavy atom. The summed E-state index contributed by atoms with van der Waals surface area (Å²) in [5.74, 6) is 0. The Morgan fingerprint density at radius 2 is 1.88 bits per heavy atom. The molecule has 0 saturated heterocycles. The van der Waals surface area contributed by atoms with Gasteiger partial charge in [-0.3, -0.25) is 0 Å². The smallest absolute Gasteiger partial charge is 0.134 e. The average molecular weight is 233 g/mol. The Kier molecular flexibility index (Phi) is 3.42. The van der Waals surface area contributed by atoms with E-state index in [1.54, 1.807) is 6.20 Å². The molecule has 0 radical (unpaired) electrons. The molecule has 1 N–H and O–H groups in total. The van der Waals surface area contributed by atoms with Crippen LogP contribution in [0.3, 0.4) is 0 Å². The van der Waals surface area contributed by atoms with Crippen LogP contribution in [-0.4, -0.2) is 4.98 Å². The second-order valence-corrected chi connectivity index (χ2v) is 3.97. The first kappa shape index (κ1) is 11.0. The summed E-state index contributed by atoms with van der Waals surface area (Å²) in [5, 5.41) is 3.93. The predicted octanol–water partition coefficient (Wildman–Crippen LogP) is 3.91. The van der Waals surface area contributed by atoms with Crippen molar-refractivity contribution in [1.82, 2.24) is 4.98 Å². The topological polar surface area (TPSA) is 24.9 Å². The molecule has 2 rings (SSSR count). The maximum absolute atomic E-state index is 6.03. The summed E-state index contributed by atoms with van der Waals surface area (Å²) >= 11 is 6.03. The van der Waals surface area contributed by atoms with Crippen molar-refractivity contribution in [3.63, 3.8) is 0 Å². The number of aromatic nitrogens is 1. The second-order valence-electron chi connectivity index (χ2n) is 3.62. The lowest BCUT2D eigenvalue weighted by atomic mass is 10.1. The third-order valence-corrected chi connectivity index (χ3v) is 2.73. The number of benzene rings is 1. The molecule has 0 spiro atoms. The van der Waals surface area contributed by atoms with Gasteiger partial charge in [0.1, 0.15) is 5.15 Å². The number of para-hydroxylation sites is 1. The van der Waals surface area contributed by atoms with Crippen molar-refractivity contribution in [3.05, 3.63) is 59.4 Å². The van der Waals surface area contributed by atoms with E-state index in [1.165, 1.54) is 0 Å². The van der Waals surface area contributed by atoms with E-state index in [2.05, 4.69) is 17.2 Å². The van der Waals surface area contributed by atoms with Gasteiger partial charge in [-0.2, -0.15) is 0 Å². The third-order valence-electron chi connectivity index (χ3n) is 2.41. The molecule has 0 fully saturated rings. The van der Waals surface area contributed by atoms with E-state index in [9.17, 15) is 0 Å². The van der Waals surface area contributed by atoms with E-state index in [1.807, 2.05) is 42.5 Å². The number of hydrogen-bond acceptors (Lipinski definition) is 2. The third kappa shape index (κ3) is 2.52. The fourth-order valence-corrected chi connectivity index (χ4v) is 1.87. The molecule has 0 bridgehead atoms. The Hall–Kier alpha value is -1.54. The summed E-state index contributed by atoms with van der Waals surface area (Å²) in [4.78, 5) is 4.07. The SMILES string of the molecule is CC(Nc1ccccc1)c1cccnc1Cl. The van der Waals surface area contributed by atoms with Crippen molar-refractivity contribution < 1.29 is 0 Å². The van der Waals surface area contributed by atoms with Crippen LogP contribution in [0.5, 0.6) is 0 Å². The summed E-state index contributed by atoms with van der Waals surface area (Å²) in [5.41, 5.74) is 2.09. The highest BCUT2D eigenvalue weighted by atomic mass is 35.5. The standard InChI is InChI=1S/C13H13ClN2/c1-10(12-8-5-9-15-13(12)14)16-11-6-3-2-4-7-11/h2-10,16H,1H3. The second kappa shape index (κ2) is 4.99. The maximum Gasteiger partial charge on any atom is 0.134 e. The van der Waals surface area contributed by atoms with Gasteiger partial charge in [0.15, 0.2) is 0 Å². The lowest BCUT2D eigenvalue weighted by molar-refractivity contribution is 0.876. The molecule has 1 aromatic carbocycles. The molecule has 0 aliphatic rings. The van der Waals surface area contributed by atoms with Gasteiger partial charge in [0.05, 0.1) is 6.04 Å². The maximum atomic E-state index is 6.03. The van der Waals surface area contributed by atoms with Gasteiger partial charge in [-0.1, -0.05) is 35.9 Å². The lowest BCUT2D eigenvalue weighted by Crippen LogP contribution is -2.07. The molecule has 0 saturated carbocycles. The zero-order valence-corrected chi connectivity index (χ0v) is 9.78.